The number of hydrogen-bond acceptors (Lipinski definition) is 5. The Labute approximate surface area is 173 Å². The normalized spacial score (nSPS) is 15.0. The van der Waals surface area contributed by atoms with Gasteiger partial charge >= 0.3 is 0 Å². The molecule has 0 N–H and O–H groups in total. The number of Topliss-reactive ketones (excluding diaryl/α,β-unsaturated/α-hetero) is 1. The Morgan fingerprint density at radius 2 is 1.86 bits per heavy atom. The molecular formula is C21H24FN5OS. The fourth-order valence-electron chi connectivity index (χ4n) is 3.62. The van der Waals surface area contributed by atoms with Gasteiger partial charge in [0.25, 0.3) is 0 Å². The maximum atomic E-state index is 13.5. The monoisotopic (exact) mass is 413 g/mol. The van der Waals surface area contributed by atoms with E-state index in [0.717, 1.165) is 24.6 Å². The molecule has 0 bridgehead atoms. The lowest BCUT2D eigenvalue weighted by Gasteiger charge is -2.26. The van der Waals surface area contributed by atoms with Crippen molar-refractivity contribution in [1.29, 1.82) is 0 Å². The van der Waals surface area contributed by atoms with Crippen LogP contribution >= 0.6 is 11.8 Å². The van der Waals surface area contributed by atoms with Gasteiger partial charge < -0.3 is 4.57 Å². The fourth-order valence-corrected chi connectivity index (χ4v) is 4.46. The standard InChI is InChI=1S/C21H24FN5OS/c1-25-11-5-6-18(25)19(28)15-29-21-24-23-20(14-26-12-3-2-4-13-26)27(21)17-9-7-16(22)8-10-17/h5-11H,2-4,12-15H2,1H3. The molecule has 0 amide bonds. The van der Waals surface area contributed by atoms with Crippen LogP contribution < -0.4 is 0 Å². The molecule has 1 aliphatic heterocycles. The maximum Gasteiger partial charge on any atom is 0.196 e. The summed E-state index contributed by atoms with van der Waals surface area (Å²) in [5.41, 5.74) is 1.47. The van der Waals surface area contributed by atoms with E-state index < -0.39 is 0 Å². The molecule has 0 radical (unpaired) electrons. The zero-order valence-electron chi connectivity index (χ0n) is 16.4. The molecular weight excluding hydrogens is 389 g/mol. The molecule has 3 heterocycles. The molecule has 1 saturated heterocycles. The van der Waals surface area contributed by atoms with Crippen LogP contribution in [0.1, 0.15) is 35.6 Å². The molecule has 1 aliphatic rings. The minimum atomic E-state index is -0.285. The van der Waals surface area contributed by atoms with Gasteiger partial charge in [-0.3, -0.25) is 14.3 Å². The highest BCUT2D eigenvalue weighted by molar-refractivity contribution is 7.99. The molecule has 0 aliphatic carbocycles. The summed E-state index contributed by atoms with van der Waals surface area (Å²) in [5, 5.41) is 9.40. The fraction of sp³-hybridized carbons (Fsp3) is 0.381. The second-order valence-corrected chi connectivity index (χ2v) is 8.21. The Morgan fingerprint density at radius 1 is 1.10 bits per heavy atom. The topological polar surface area (TPSA) is 56.0 Å². The van der Waals surface area contributed by atoms with Crippen LogP contribution in [0.15, 0.2) is 47.8 Å². The van der Waals surface area contributed by atoms with Crippen molar-refractivity contribution in [2.75, 3.05) is 18.8 Å². The highest BCUT2D eigenvalue weighted by Gasteiger charge is 2.20. The Morgan fingerprint density at radius 3 is 2.55 bits per heavy atom. The number of hydrogen-bond donors (Lipinski definition) is 0. The second-order valence-electron chi connectivity index (χ2n) is 7.26. The van der Waals surface area contributed by atoms with E-state index in [4.69, 9.17) is 0 Å². The van der Waals surface area contributed by atoms with E-state index in [9.17, 15) is 9.18 Å². The average Bonchev–Trinajstić information content (AvgIpc) is 3.34. The molecule has 29 heavy (non-hydrogen) atoms. The van der Waals surface area contributed by atoms with Crippen molar-refractivity contribution in [2.24, 2.45) is 7.05 Å². The smallest absolute Gasteiger partial charge is 0.196 e. The van der Waals surface area contributed by atoms with E-state index in [0.29, 0.717) is 17.4 Å². The summed E-state index contributed by atoms with van der Waals surface area (Å²) in [5.74, 6) is 0.828. The van der Waals surface area contributed by atoms with Crippen LogP contribution in [0.2, 0.25) is 0 Å². The number of benzene rings is 1. The van der Waals surface area contributed by atoms with Crippen molar-refractivity contribution in [3.63, 3.8) is 0 Å². The van der Waals surface area contributed by atoms with Gasteiger partial charge in [-0.2, -0.15) is 0 Å². The minimum Gasteiger partial charge on any atom is -0.348 e. The van der Waals surface area contributed by atoms with Crippen LogP contribution in [0.5, 0.6) is 0 Å². The Hall–Kier alpha value is -2.45. The van der Waals surface area contributed by atoms with Crippen molar-refractivity contribution in [3.05, 3.63) is 59.9 Å². The van der Waals surface area contributed by atoms with Crippen LogP contribution in [0.3, 0.4) is 0 Å². The molecule has 8 heteroatoms. The third-order valence-electron chi connectivity index (χ3n) is 5.16. The zero-order chi connectivity index (χ0) is 20.2. The molecule has 1 aromatic carbocycles. The summed E-state index contributed by atoms with van der Waals surface area (Å²) < 4.78 is 17.2. The highest BCUT2D eigenvalue weighted by Crippen LogP contribution is 2.24. The number of carbonyl (C=O) groups is 1. The van der Waals surface area contributed by atoms with E-state index in [2.05, 4.69) is 15.1 Å². The molecule has 3 aromatic rings. The molecule has 2 aromatic heterocycles. The summed E-state index contributed by atoms with van der Waals surface area (Å²) in [7, 11) is 1.86. The van der Waals surface area contributed by atoms with E-state index in [-0.39, 0.29) is 17.4 Å². The number of carbonyl (C=O) groups excluding carboxylic acids is 1. The van der Waals surface area contributed by atoms with Crippen molar-refractivity contribution in [3.8, 4) is 5.69 Å². The van der Waals surface area contributed by atoms with Gasteiger partial charge in [-0.15, -0.1) is 10.2 Å². The predicted octanol–water partition coefficient (Wildman–Crippen LogP) is 3.71. The lowest BCUT2D eigenvalue weighted by molar-refractivity contribution is 0.101. The number of likely N-dealkylation sites (tertiary alicyclic amines) is 1. The molecule has 152 valence electrons. The van der Waals surface area contributed by atoms with Crippen LogP contribution in [0, 0.1) is 5.82 Å². The molecule has 0 saturated carbocycles. The number of aromatic nitrogens is 4. The Kier molecular flexibility index (Phi) is 6.10. The maximum absolute atomic E-state index is 13.5. The largest absolute Gasteiger partial charge is 0.348 e. The van der Waals surface area contributed by atoms with Gasteiger partial charge in [0.05, 0.1) is 18.0 Å². The van der Waals surface area contributed by atoms with Gasteiger partial charge in [0.15, 0.2) is 16.8 Å². The predicted molar refractivity (Wildman–Crippen MR) is 111 cm³/mol. The summed E-state index contributed by atoms with van der Waals surface area (Å²) in [4.78, 5) is 14.9. The summed E-state index contributed by atoms with van der Waals surface area (Å²) >= 11 is 1.36. The van der Waals surface area contributed by atoms with Gasteiger partial charge in [-0.05, 0) is 62.3 Å². The molecule has 0 unspecified atom stereocenters. The van der Waals surface area contributed by atoms with Crippen molar-refractivity contribution < 1.29 is 9.18 Å². The zero-order valence-corrected chi connectivity index (χ0v) is 17.2. The first-order chi connectivity index (χ1) is 14.1. The quantitative estimate of drug-likeness (QED) is 0.437. The van der Waals surface area contributed by atoms with Crippen LogP contribution in [0.25, 0.3) is 5.69 Å². The summed E-state index contributed by atoms with van der Waals surface area (Å²) in [6.07, 6.45) is 5.51. The van der Waals surface area contributed by atoms with E-state index in [1.807, 2.05) is 34.5 Å². The Bertz CT molecular complexity index is 975. The number of rotatable bonds is 7. The number of piperidine rings is 1. The highest BCUT2D eigenvalue weighted by atomic mass is 32.2. The van der Waals surface area contributed by atoms with Gasteiger partial charge in [0.1, 0.15) is 5.82 Å². The summed E-state index contributed by atoms with van der Waals surface area (Å²) in [6.45, 7) is 2.78. The summed E-state index contributed by atoms with van der Waals surface area (Å²) in [6, 6.07) is 9.99. The van der Waals surface area contributed by atoms with Crippen molar-refractivity contribution in [1.82, 2.24) is 24.2 Å². The van der Waals surface area contributed by atoms with E-state index in [1.54, 1.807) is 12.1 Å². The second kappa shape index (κ2) is 8.92. The first kappa shape index (κ1) is 19.8. The number of thioether (sulfide) groups is 1. The lowest BCUT2D eigenvalue weighted by Crippen LogP contribution is -2.30. The first-order valence-corrected chi connectivity index (χ1v) is 10.8. The molecule has 1 fully saturated rings. The minimum absolute atomic E-state index is 0.0359. The van der Waals surface area contributed by atoms with E-state index >= 15 is 0 Å². The third kappa shape index (κ3) is 4.59. The van der Waals surface area contributed by atoms with Gasteiger partial charge in [-0.25, -0.2) is 4.39 Å². The van der Waals surface area contributed by atoms with Crippen molar-refractivity contribution in [2.45, 2.75) is 31.0 Å². The Balaban J connectivity index is 1.58. The van der Waals surface area contributed by atoms with Crippen LogP contribution in [-0.4, -0.2) is 48.9 Å². The number of nitrogens with zero attached hydrogens (tertiary/aromatic N) is 5. The SMILES string of the molecule is Cn1cccc1C(=O)CSc1nnc(CN2CCCCC2)n1-c1ccc(F)cc1. The molecule has 4 rings (SSSR count). The van der Waals surface area contributed by atoms with Gasteiger partial charge in [0, 0.05) is 18.9 Å². The number of ketones is 1. The van der Waals surface area contributed by atoms with Crippen LogP contribution in [-0.2, 0) is 13.6 Å². The van der Waals surface area contributed by atoms with Gasteiger partial charge in [0.2, 0.25) is 0 Å². The van der Waals surface area contributed by atoms with Gasteiger partial charge in [-0.1, -0.05) is 18.2 Å². The molecule has 0 spiro atoms. The number of halogens is 1. The molecule has 0 atom stereocenters. The number of aryl methyl sites for hydroxylation is 1. The van der Waals surface area contributed by atoms with Crippen molar-refractivity contribution >= 4 is 17.5 Å². The molecule has 6 nitrogen and oxygen atoms in total. The first-order valence-electron chi connectivity index (χ1n) is 9.82. The van der Waals surface area contributed by atoms with Crippen LogP contribution in [0.4, 0.5) is 4.39 Å². The lowest BCUT2D eigenvalue weighted by atomic mass is 10.1. The third-order valence-corrected chi connectivity index (χ3v) is 6.09. The average molecular weight is 414 g/mol. The van der Waals surface area contributed by atoms with E-state index in [1.165, 1.54) is 43.2 Å².